The molecular weight excluding hydrogens is 306 g/mol. The molecule has 0 radical (unpaired) electrons. The molecule has 1 aliphatic carbocycles. The Balaban J connectivity index is 1.74. The molecule has 0 saturated heterocycles. The van der Waals surface area contributed by atoms with Crippen molar-refractivity contribution < 1.29 is 14.1 Å². The summed E-state index contributed by atoms with van der Waals surface area (Å²) < 4.78 is 10.8. The first-order valence-electron chi connectivity index (χ1n) is 8.45. The third kappa shape index (κ3) is 3.75. The van der Waals surface area contributed by atoms with Gasteiger partial charge in [-0.05, 0) is 43.9 Å². The van der Waals surface area contributed by atoms with Gasteiger partial charge in [0.2, 0.25) is 5.89 Å². The minimum absolute atomic E-state index is 0.136. The van der Waals surface area contributed by atoms with Crippen LogP contribution in [-0.4, -0.2) is 22.7 Å². The molecule has 1 atom stereocenters. The van der Waals surface area contributed by atoms with Gasteiger partial charge in [0, 0.05) is 11.5 Å². The molecule has 1 amide bonds. The minimum Gasteiger partial charge on any atom is -0.494 e. The average Bonchev–Trinajstić information content (AvgIpc) is 3.31. The summed E-state index contributed by atoms with van der Waals surface area (Å²) in [7, 11) is 0. The van der Waals surface area contributed by atoms with Gasteiger partial charge in [-0.1, -0.05) is 25.1 Å². The van der Waals surface area contributed by atoms with Gasteiger partial charge in [0.05, 0.1) is 6.61 Å². The molecule has 1 saturated carbocycles. The van der Waals surface area contributed by atoms with E-state index in [1.165, 1.54) is 0 Å². The molecule has 128 valence electrons. The fourth-order valence-electron chi connectivity index (χ4n) is 2.51. The molecule has 0 spiro atoms. The summed E-state index contributed by atoms with van der Waals surface area (Å²) in [5.74, 6) is 2.29. The summed E-state index contributed by atoms with van der Waals surface area (Å²) in [4.78, 5) is 17.1. The van der Waals surface area contributed by atoms with Gasteiger partial charge in [-0.2, -0.15) is 4.98 Å². The van der Waals surface area contributed by atoms with Crippen molar-refractivity contribution in [3.8, 4) is 5.75 Å². The highest BCUT2D eigenvalue weighted by Gasteiger charge is 2.31. The van der Waals surface area contributed by atoms with Gasteiger partial charge >= 0.3 is 0 Å². The molecule has 1 N–H and O–H groups in total. The summed E-state index contributed by atoms with van der Waals surface area (Å²) in [6, 6.07) is 6.83. The number of nitrogens with one attached hydrogen (secondary N) is 1. The topological polar surface area (TPSA) is 77.2 Å². The number of nitrogens with zero attached hydrogens (tertiary/aromatic N) is 2. The smallest absolute Gasteiger partial charge is 0.252 e. The van der Waals surface area contributed by atoms with Crippen LogP contribution in [0.1, 0.15) is 67.6 Å². The molecule has 1 heterocycles. The third-order valence-corrected chi connectivity index (χ3v) is 4.03. The van der Waals surface area contributed by atoms with Crippen molar-refractivity contribution >= 4 is 5.91 Å². The lowest BCUT2D eigenvalue weighted by molar-refractivity contribution is 0.0913. The fraction of sp³-hybridized carbons (Fsp3) is 0.500. The number of carbonyl (C=O) groups is 1. The lowest BCUT2D eigenvalue weighted by Gasteiger charge is -2.18. The highest BCUT2D eigenvalue weighted by molar-refractivity contribution is 5.94. The number of ether oxygens (including phenoxy) is 1. The van der Waals surface area contributed by atoms with E-state index in [0.29, 0.717) is 29.7 Å². The standard InChI is InChI=1S/C18H23N3O3/c1-4-23-14-7-5-6-13(10-14)17(22)19-15(11(2)3)18-20-16(21-24-18)12-8-9-12/h5-7,10-12,15H,4,8-9H2,1-3H3,(H,19,22)/t15-/m0/s1. The summed E-state index contributed by atoms with van der Waals surface area (Å²) in [6.45, 7) is 6.51. The van der Waals surface area contributed by atoms with E-state index in [1.54, 1.807) is 12.1 Å². The van der Waals surface area contributed by atoms with Gasteiger partial charge < -0.3 is 14.6 Å². The van der Waals surface area contributed by atoms with E-state index < -0.39 is 0 Å². The van der Waals surface area contributed by atoms with Crippen LogP contribution in [0, 0.1) is 5.92 Å². The Bertz CT molecular complexity index is 707. The van der Waals surface area contributed by atoms with Crippen molar-refractivity contribution in [2.75, 3.05) is 6.61 Å². The second kappa shape index (κ2) is 7.03. The van der Waals surface area contributed by atoms with E-state index in [2.05, 4.69) is 15.5 Å². The zero-order valence-electron chi connectivity index (χ0n) is 14.3. The van der Waals surface area contributed by atoms with Gasteiger partial charge in [0.15, 0.2) is 5.82 Å². The molecule has 6 nitrogen and oxygen atoms in total. The Labute approximate surface area is 141 Å². The normalized spacial score (nSPS) is 15.3. The fourth-order valence-corrected chi connectivity index (χ4v) is 2.51. The summed E-state index contributed by atoms with van der Waals surface area (Å²) in [6.07, 6.45) is 2.23. The molecule has 1 fully saturated rings. The Hall–Kier alpha value is -2.37. The van der Waals surface area contributed by atoms with E-state index in [4.69, 9.17) is 9.26 Å². The predicted molar refractivity (Wildman–Crippen MR) is 88.9 cm³/mol. The van der Waals surface area contributed by atoms with Gasteiger partial charge in [0.25, 0.3) is 5.91 Å². The Morgan fingerprint density at radius 3 is 2.88 bits per heavy atom. The van der Waals surface area contributed by atoms with E-state index >= 15 is 0 Å². The molecule has 2 aromatic rings. The summed E-state index contributed by atoms with van der Waals surface area (Å²) in [5.41, 5.74) is 0.550. The quantitative estimate of drug-likeness (QED) is 0.841. The van der Waals surface area contributed by atoms with Crippen molar-refractivity contribution in [2.24, 2.45) is 5.92 Å². The molecule has 1 aliphatic rings. The van der Waals surface area contributed by atoms with E-state index in [9.17, 15) is 4.79 Å². The second-order valence-electron chi connectivity index (χ2n) is 6.42. The first-order chi connectivity index (χ1) is 11.6. The number of hydrogen-bond donors (Lipinski definition) is 1. The van der Waals surface area contributed by atoms with Crippen LogP contribution in [0.3, 0.4) is 0 Å². The maximum Gasteiger partial charge on any atom is 0.252 e. The molecule has 0 aliphatic heterocycles. The lowest BCUT2D eigenvalue weighted by Crippen LogP contribution is -2.32. The number of aromatic nitrogens is 2. The minimum atomic E-state index is -0.312. The van der Waals surface area contributed by atoms with Crippen LogP contribution in [0.2, 0.25) is 0 Å². The molecular formula is C18H23N3O3. The summed E-state index contributed by atoms with van der Waals surface area (Å²) in [5, 5.41) is 7.04. The first-order valence-corrected chi connectivity index (χ1v) is 8.45. The Kier molecular flexibility index (Phi) is 4.83. The van der Waals surface area contributed by atoms with Crippen LogP contribution in [0.4, 0.5) is 0 Å². The number of amides is 1. The van der Waals surface area contributed by atoms with Crippen LogP contribution in [0.25, 0.3) is 0 Å². The molecule has 0 unspecified atom stereocenters. The number of carbonyl (C=O) groups excluding carboxylic acids is 1. The lowest BCUT2D eigenvalue weighted by atomic mass is 10.0. The monoisotopic (exact) mass is 329 g/mol. The zero-order chi connectivity index (χ0) is 17.1. The first kappa shape index (κ1) is 16.5. The molecule has 0 bridgehead atoms. The predicted octanol–water partition coefficient (Wildman–Crippen LogP) is 3.47. The largest absolute Gasteiger partial charge is 0.494 e. The van der Waals surface area contributed by atoms with Crippen molar-refractivity contribution in [1.29, 1.82) is 0 Å². The maximum atomic E-state index is 12.6. The highest BCUT2D eigenvalue weighted by Crippen LogP contribution is 2.38. The van der Waals surface area contributed by atoms with Gasteiger partial charge in [0.1, 0.15) is 11.8 Å². The maximum absolute atomic E-state index is 12.6. The van der Waals surface area contributed by atoms with Crippen LogP contribution >= 0.6 is 0 Å². The van der Waals surface area contributed by atoms with Gasteiger partial charge in [-0.3, -0.25) is 4.79 Å². The summed E-state index contributed by atoms with van der Waals surface area (Å²) >= 11 is 0. The van der Waals surface area contributed by atoms with Crippen LogP contribution in [0.5, 0.6) is 5.75 Å². The third-order valence-electron chi connectivity index (χ3n) is 4.03. The number of benzene rings is 1. The van der Waals surface area contributed by atoms with Crippen LogP contribution in [0.15, 0.2) is 28.8 Å². The second-order valence-corrected chi connectivity index (χ2v) is 6.42. The van der Waals surface area contributed by atoms with Crippen molar-refractivity contribution in [2.45, 2.75) is 45.6 Å². The van der Waals surface area contributed by atoms with E-state index in [-0.39, 0.29) is 17.9 Å². The SMILES string of the molecule is CCOc1cccc(C(=O)N[C@H](c2nc(C3CC3)no2)C(C)C)c1. The van der Waals surface area contributed by atoms with Crippen LogP contribution in [-0.2, 0) is 0 Å². The number of rotatable bonds is 7. The van der Waals surface area contributed by atoms with E-state index in [0.717, 1.165) is 18.7 Å². The molecule has 6 heteroatoms. The van der Waals surface area contributed by atoms with Gasteiger partial charge in [-0.15, -0.1) is 0 Å². The van der Waals surface area contributed by atoms with Crippen molar-refractivity contribution in [3.63, 3.8) is 0 Å². The highest BCUT2D eigenvalue weighted by atomic mass is 16.5. The zero-order valence-corrected chi connectivity index (χ0v) is 14.3. The number of hydrogen-bond acceptors (Lipinski definition) is 5. The van der Waals surface area contributed by atoms with E-state index in [1.807, 2.05) is 32.9 Å². The van der Waals surface area contributed by atoms with Crippen molar-refractivity contribution in [3.05, 3.63) is 41.5 Å². The van der Waals surface area contributed by atoms with Gasteiger partial charge in [-0.25, -0.2) is 0 Å². The molecule has 3 rings (SSSR count). The average molecular weight is 329 g/mol. The Morgan fingerprint density at radius 1 is 1.42 bits per heavy atom. The Morgan fingerprint density at radius 2 is 2.21 bits per heavy atom. The molecule has 1 aromatic heterocycles. The molecule has 24 heavy (non-hydrogen) atoms. The van der Waals surface area contributed by atoms with Crippen molar-refractivity contribution in [1.82, 2.24) is 15.5 Å². The van der Waals surface area contributed by atoms with Crippen LogP contribution < -0.4 is 10.1 Å². The molecule has 1 aromatic carbocycles.